The quantitative estimate of drug-likeness (QED) is 0.531. The summed E-state index contributed by atoms with van der Waals surface area (Å²) >= 11 is 0. The van der Waals surface area contributed by atoms with Gasteiger partial charge in [-0.3, -0.25) is 0 Å². The third-order valence-corrected chi connectivity index (χ3v) is 4.59. The Morgan fingerprint density at radius 2 is 1.88 bits per heavy atom. The van der Waals surface area contributed by atoms with E-state index < -0.39 is 0 Å². The number of para-hydroxylation sites is 2. The molecule has 5 nitrogen and oxygen atoms in total. The summed E-state index contributed by atoms with van der Waals surface area (Å²) in [5, 5.41) is 6.76. The molecule has 1 aromatic heterocycles. The van der Waals surface area contributed by atoms with Crippen LogP contribution in [0.3, 0.4) is 0 Å². The standard InChI is InChI=1S/C21H25N5/c1-2-22-21(25-18-11-12-18)23-13-16-7-9-17(10-8-16)14-26-15-24-19-5-3-4-6-20(19)26/h3-10,15,18H,2,11-14H2,1H3,(H2,22,23,25). The first-order valence-corrected chi connectivity index (χ1v) is 9.34. The van der Waals surface area contributed by atoms with Gasteiger partial charge in [-0.2, -0.15) is 0 Å². The lowest BCUT2D eigenvalue weighted by Crippen LogP contribution is -2.38. The average molecular weight is 347 g/mol. The average Bonchev–Trinajstić information content (AvgIpc) is 3.40. The lowest BCUT2D eigenvalue weighted by molar-refractivity contribution is 0.810. The molecule has 1 aliphatic rings. The minimum absolute atomic E-state index is 0.611. The number of imidazole rings is 1. The second kappa shape index (κ2) is 7.60. The molecular weight excluding hydrogens is 322 g/mol. The van der Waals surface area contributed by atoms with Crippen LogP contribution in [0, 0.1) is 0 Å². The van der Waals surface area contributed by atoms with Crippen molar-refractivity contribution < 1.29 is 0 Å². The van der Waals surface area contributed by atoms with E-state index in [9.17, 15) is 0 Å². The molecule has 1 saturated carbocycles. The van der Waals surface area contributed by atoms with E-state index in [-0.39, 0.29) is 0 Å². The molecule has 0 atom stereocenters. The molecule has 134 valence electrons. The van der Waals surface area contributed by atoms with E-state index in [0.717, 1.165) is 24.6 Å². The van der Waals surface area contributed by atoms with Crippen molar-refractivity contribution in [1.29, 1.82) is 0 Å². The molecule has 1 fully saturated rings. The van der Waals surface area contributed by atoms with E-state index in [1.807, 2.05) is 18.5 Å². The van der Waals surface area contributed by atoms with Gasteiger partial charge in [-0.25, -0.2) is 9.98 Å². The molecule has 2 aromatic carbocycles. The van der Waals surface area contributed by atoms with Crippen molar-refractivity contribution in [1.82, 2.24) is 20.2 Å². The third kappa shape index (κ3) is 4.04. The number of hydrogen-bond acceptors (Lipinski definition) is 2. The van der Waals surface area contributed by atoms with Crippen molar-refractivity contribution in [2.75, 3.05) is 6.54 Å². The summed E-state index contributed by atoms with van der Waals surface area (Å²) in [7, 11) is 0. The van der Waals surface area contributed by atoms with Gasteiger partial charge in [-0.15, -0.1) is 0 Å². The molecule has 4 rings (SSSR count). The molecular formula is C21H25N5. The van der Waals surface area contributed by atoms with E-state index in [0.29, 0.717) is 12.6 Å². The molecule has 0 bridgehead atoms. The Balaban J connectivity index is 1.41. The summed E-state index contributed by atoms with van der Waals surface area (Å²) in [5.74, 6) is 0.920. The van der Waals surface area contributed by atoms with Crippen molar-refractivity contribution in [3.63, 3.8) is 0 Å². The Labute approximate surface area is 154 Å². The van der Waals surface area contributed by atoms with E-state index in [1.54, 1.807) is 0 Å². The molecule has 26 heavy (non-hydrogen) atoms. The fourth-order valence-electron chi connectivity index (χ4n) is 2.99. The van der Waals surface area contributed by atoms with Crippen LogP contribution >= 0.6 is 0 Å². The maximum atomic E-state index is 4.69. The minimum atomic E-state index is 0.611. The molecule has 0 unspecified atom stereocenters. The van der Waals surface area contributed by atoms with Crippen molar-refractivity contribution in [3.05, 3.63) is 66.0 Å². The first-order chi connectivity index (χ1) is 12.8. The number of nitrogens with zero attached hydrogens (tertiary/aromatic N) is 3. The number of aliphatic imine (C=N–C) groups is 1. The number of rotatable bonds is 6. The third-order valence-electron chi connectivity index (χ3n) is 4.59. The summed E-state index contributed by atoms with van der Waals surface area (Å²) in [4.78, 5) is 9.15. The molecule has 0 amide bonds. The van der Waals surface area contributed by atoms with Gasteiger partial charge in [-0.1, -0.05) is 36.4 Å². The van der Waals surface area contributed by atoms with Gasteiger partial charge in [-0.05, 0) is 43.0 Å². The Kier molecular flexibility index (Phi) is 4.86. The van der Waals surface area contributed by atoms with Crippen molar-refractivity contribution in [3.8, 4) is 0 Å². The molecule has 5 heteroatoms. The topological polar surface area (TPSA) is 54.2 Å². The smallest absolute Gasteiger partial charge is 0.191 e. The van der Waals surface area contributed by atoms with Gasteiger partial charge >= 0.3 is 0 Å². The van der Waals surface area contributed by atoms with Crippen LogP contribution in [-0.2, 0) is 13.1 Å². The fraction of sp³-hybridized carbons (Fsp3) is 0.333. The van der Waals surface area contributed by atoms with Crippen molar-refractivity contribution in [2.45, 2.75) is 38.9 Å². The van der Waals surface area contributed by atoms with Gasteiger partial charge in [0.15, 0.2) is 5.96 Å². The summed E-state index contributed by atoms with van der Waals surface area (Å²) in [6.45, 7) is 4.50. The highest BCUT2D eigenvalue weighted by Crippen LogP contribution is 2.18. The van der Waals surface area contributed by atoms with Crippen LogP contribution in [0.5, 0.6) is 0 Å². The van der Waals surface area contributed by atoms with Gasteiger partial charge in [0.2, 0.25) is 0 Å². The summed E-state index contributed by atoms with van der Waals surface area (Å²) < 4.78 is 2.19. The maximum absolute atomic E-state index is 4.69. The van der Waals surface area contributed by atoms with Gasteiger partial charge in [0, 0.05) is 19.1 Å². The van der Waals surface area contributed by atoms with Crippen LogP contribution in [0.1, 0.15) is 30.9 Å². The number of nitrogens with one attached hydrogen (secondary N) is 2. The maximum Gasteiger partial charge on any atom is 0.191 e. The Morgan fingerprint density at radius 3 is 2.65 bits per heavy atom. The first-order valence-electron chi connectivity index (χ1n) is 9.34. The number of guanidine groups is 1. The number of hydrogen-bond donors (Lipinski definition) is 2. The fourth-order valence-corrected chi connectivity index (χ4v) is 2.99. The zero-order chi connectivity index (χ0) is 17.8. The predicted molar refractivity (Wildman–Crippen MR) is 106 cm³/mol. The Bertz CT molecular complexity index is 890. The number of benzene rings is 2. The second-order valence-electron chi connectivity index (χ2n) is 6.79. The highest BCUT2D eigenvalue weighted by atomic mass is 15.2. The van der Waals surface area contributed by atoms with E-state index >= 15 is 0 Å². The SMILES string of the molecule is CCNC(=NCc1ccc(Cn2cnc3ccccc32)cc1)NC1CC1. The van der Waals surface area contributed by atoms with Crippen LogP contribution in [-0.4, -0.2) is 28.1 Å². The number of aromatic nitrogens is 2. The molecule has 0 aliphatic heterocycles. The zero-order valence-corrected chi connectivity index (χ0v) is 15.2. The highest BCUT2D eigenvalue weighted by molar-refractivity contribution is 5.80. The molecule has 1 aliphatic carbocycles. The largest absolute Gasteiger partial charge is 0.357 e. The van der Waals surface area contributed by atoms with Crippen molar-refractivity contribution in [2.24, 2.45) is 4.99 Å². The highest BCUT2D eigenvalue weighted by Gasteiger charge is 2.21. The molecule has 0 spiro atoms. The van der Waals surface area contributed by atoms with E-state index in [4.69, 9.17) is 0 Å². The predicted octanol–water partition coefficient (Wildman–Crippen LogP) is 3.30. The lowest BCUT2D eigenvalue weighted by Gasteiger charge is -2.10. The second-order valence-corrected chi connectivity index (χ2v) is 6.79. The molecule has 0 radical (unpaired) electrons. The molecule has 1 heterocycles. The summed E-state index contributed by atoms with van der Waals surface area (Å²) in [6.07, 6.45) is 4.42. The normalized spacial score (nSPS) is 14.6. The first kappa shape index (κ1) is 16.6. The summed E-state index contributed by atoms with van der Waals surface area (Å²) in [6, 6.07) is 17.5. The van der Waals surface area contributed by atoms with Gasteiger partial charge in [0.25, 0.3) is 0 Å². The van der Waals surface area contributed by atoms with Gasteiger partial charge in [0.1, 0.15) is 0 Å². The number of fused-ring (bicyclic) bond motifs is 1. The Morgan fingerprint density at radius 1 is 1.12 bits per heavy atom. The Hall–Kier alpha value is -2.82. The van der Waals surface area contributed by atoms with Crippen LogP contribution in [0.2, 0.25) is 0 Å². The van der Waals surface area contributed by atoms with Crippen LogP contribution in [0.4, 0.5) is 0 Å². The van der Waals surface area contributed by atoms with Crippen molar-refractivity contribution >= 4 is 17.0 Å². The molecule has 3 aromatic rings. The van der Waals surface area contributed by atoms with Crippen LogP contribution in [0.15, 0.2) is 59.9 Å². The van der Waals surface area contributed by atoms with Gasteiger partial charge in [0.05, 0.1) is 23.9 Å². The van der Waals surface area contributed by atoms with E-state index in [2.05, 4.69) is 68.5 Å². The minimum Gasteiger partial charge on any atom is -0.357 e. The zero-order valence-electron chi connectivity index (χ0n) is 15.2. The van der Waals surface area contributed by atoms with Crippen LogP contribution in [0.25, 0.3) is 11.0 Å². The van der Waals surface area contributed by atoms with Gasteiger partial charge < -0.3 is 15.2 Å². The monoisotopic (exact) mass is 347 g/mol. The van der Waals surface area contributed by atoms with Crippen LogP contribution < -0.4 is 10.6 Å². The summed E-state index contributed by atoms with van der Waals surface area (Å²) in [5.41, 5.74) is 4.70. The lowest BCUT2D eigenvalue weighted by atomic mass is 10.1. The molecule has 0 saturated heterocycles. The van der Waals surface area contributed by atoms with E-state index in [1.165, 1.54) is 29.5 Å². The molecule has 2 N–H and O–H groups in total.